The van der Waals surface area contributed by atoms with E-state index in [1.54, 1.807) is 0 Å². The first-order chi connectivity index (χ1) is 23.1. The molecule has 1 unspecified atom stereocenters. The summed E-state index contributed by atoms with van der Waals surface area (Å²) in [5.74, 6) is 0. The monoisotopic (exact) mass is 672 g/mol. The molecule has 0 saturated carbocycles. The van der Waals surface area contributed by atoms with Crippen LogP contribution in [-0.4, -0.2) is 42.3 Å². The van der Waals surface area contributed by atoms with Gasteiger partial charge < -0.3 is 9.64 Å². The van der Waals surface area contributed by atoms with E-state index in [0.717, 1.165) is 24.7 Å². The molecular formula is C44H81NOS. The third-order valence-electron chi connectivity index (χ3n) is 9.46. The summed E-state index contributed by atoms with van der Waals surface area (Å²) in [7, 11) is 4.38. The second kappa shape index (κ2) is 33.7. The van der Waals surface area contributed by atoms with Gasteiger partial charge in [0, 0.05) is 5.25 Å². The molecule has 1 aliphatic rings. The number of ether oxygens (including phenoxy) is 1. The maximum absolute atomic E-state index is 6.10. The van der Waals surface area contributed by atoms with Crippen LogP contribution in [0.3, 0.4) is 0 Å². The molecule has 1 heterocycles. The number of thioether (sulfide) groups is 1. The normalized spacial score (nSPS) is 17.5. The van der Waals surface area contributed by atoms with Gasteiger partial charge in [-0.2, -0.15) is 0 Å². The molecule has 0 amide bonds. The van der Waals surface area contributed by atoms with Crippen molar-refractivity contribution >= 4 is 11.8 Å². The van der Waals surface area contributed by atoms with Crippen molar-refractivity contribution in [3.63, 3.8) is 0 Å². The Labute approximate surface area is 300 Å². The molecule has 1 fully saturated rings. The Morgan fingerprint density at radius 1 is 0.532 bits per heavy atom. The molecule has 0 spiro atoms. The maximum atomic E-state index is 6.10. The molecule has 274 valence electrons. The molecule has 1 aliphatic heterocycles. The van der Waals surface area contributed by atoms with Crippen LogP contribution in [0.2, 0.25) is 0 Å². The van der Waals surface area contributed by atoms with Crippen molar-refractivity contribution in [3.05, 3.63) is 48.6 Å². The number of unbranched alkanes of at least 4 members (excludes halogenated alkanes) is 18. The predicted octanol–water partition coefficient (Wildman–Crippen LogP) is 14.6. The zero-order valence-corrected chi connectivity index (χ0v) is 33.0. The summed E-state index contributed by atoms with van der Waals surface area (Å²) in [5, 5.41) is 0.786. The molecule has 1 rings (SSSR count). The summed E-state index contributed by atoms with van der Waals surface area (Å²) in [6, 6.07) is 0. The molecule has 47 heavy (non-hydrogen) atoms. The van der Waals surface area contributed by atoms with E-state index in [9.17, 15) is 0 Å². The van der Waals surface area contributed by atoms with E-state index in [1.807, 2.05) is 0 Å². The predicted molar refractivity (Wildman–Crippen MR) is 216 cm³/mol. The van der Waals surface area contributed by atoms with Crippen LogP contribution >= 0.6 is 11.8 Å². The molecule has 1 saturated heterocycles. The lowest BCUT2D eigenvalue weighted by Gasteiger charge is -2.22. The third-order valence-corrected chi connectivity index (χ3v) is 11.1. The highest BCUT2D eigenvalue weighted by Gasteiger charge is 2.46. The topological polar surface area (TPSA) is 15.8 Å². The van der Waals surface area contributed by atoms with Gasteiger partial charge in [0.05, 0.1) is 6.61 Å². The van der Waals surface area contributed by atoms with Crippen LogP contribution in [0.4, 0.5) is 0 Å². The first-order valence-electron chi connectivity index (χ1n) is 20.7. The smallest absolute Gasteiger partial charge is 0.137 e. The maximum Gasteiger partial charge on any atom is 0.137 e. The van der Waals surface area contributed by atoms with Gasteiger partial charge in [-0.05, 0) is 111 Å². The fourth-order valence-electron chi connectivity index (χ4n) is 6.30. The largest absolute Gasteiger partial charge is 0.358 e. The minimum atomic E-state index is 0.150. The lowest BCUT2D eigenvalue weighted by Crippen LogP contribution is -2.18. The Bertz CT molecular complexity index is 717. The molecule has 0 bridgehead atoms. The van der Waals surface area contributed by atoms with E-state index in [1.165, 1.54) is 173 Å². The van der Waals surface area contributed by atoms with Gasteiger partial charge in [0.1, 0.15) is 4.93 Å². The number of rotatable bonds is 36. The van der Waals surface area contributed by atoms with Gasteiger partial charge in [-0.15, -0.1) is 11.8 Å². The molecule has 0 aromatic rings. The van der Waals surface area contributed by atoms with Gasteiger partial charge in [-0.3, -0.25) is 0 Å². The molecule has 3 heteroatoms. The van der Waals surface area contributed by atoms with Gasteiger partial charge in [0.2, 0.25) is 0 Å². The Hall–Kier alpha value is -0.770. The van der Waals surface area contributed by atoms with Crippen molar-refractivity contribution in [3.8, 4) is 0 Å². The molecule has 2 nitrogen and oxygen atoms in total. The summed E-state index contributed by atoms with van der Waals surface area (Å²) < 4.78 is 6.10. The molecule has 0 N–H and O–H groups in total. The molecular weight excluding hydrogens is 591 g/mol. The van der Waals surface area contributed by atoms with E-state index in [0.29, 0.717) is 0 Å². The summed E-state index contributed by atoms with van der Waals surface area (Å²) in [6.07, 6.45) is 56.3. The summed E-state index contributed by atoms with van der Waals surface area (Å²) in [4.78, 5) is 2.46. The van der Waals surface area contributed by atoms with E-state index >= 15 is 0 Å². The van der Waals surface area contributed by atoms with E-state index in [4.69, 9.17) is 4.74 Å². The van der Waals surface area contributed by atoms with Crippen molar-refractivity contribution < 1.29 is 4.74 Å². The average molecular weight is 672 g/mol. The molecule has 0 radical (unpaired) electrons. The quantitative estimate of drug-likeness (QED) is 0.0374. The minimum absolute atomic E-state index is 0.150. The average Bonchev–Trinajstić information content (AvgIpc) is 3.82. The Morgan fingerprint density at radius 3 is 1.30 bits per heavy atom. The van der Waals surface area contributed by atoms with Crippen molar-refractivity contribution in [2.75, 3.05) is 27.2 Å². The second-order valence-electron chi connectivity index (χ2n) is 14.6. The third kappa shape index (κ3) is 31.0. The molecule has 0 aliphatic carbocycles. The van der Waals surface area contributed by atoms with Crippen molar-refractivity contribution in [1.29, 1.82) is 0 Å². The summed E-state index contributed by atoms with van der Waals surface area (Å²) >= 11 is 2.22. The van der Waals surface area contributed by atoms with Crippen LogP contribution < -0.4 is 0 Å². The fraction of sp³-hybridized carbons (Fsp3) is 0.818. The second-order valence-corrected chi connectivity index (χ2v) is 16.2. The van der Waals surface area contributed by atoms with Gasteiger partial charge >= 0.3 is 0 Å². The number of hydrogen-bond donors (Lipinski definition) is 0. The van der Waals surface area contributed by atoms with Crippen LogP contribution in [0.25, 0.3) is 0 Å². The number of allylic oxidation sites excluding steroid dienone is 8. The van der Waals surface area contributed by atoms with Crippen LogP contribution in [0.1, 0.15) is 194 Å². The standard InChI is InChI=1S/C44H81NOS/c1-5-7-9-11-13-15-17-19-21-23-25-27-29-31-33-35-38-43(47-44(42-46-44)40-37-41-45(3)4)39-36-34-32-30-28-26-24-22-20-18-16-14-12-10-8-6-2/h13-16,19-22,43H,5-12,17-18,23-42H2,1-4H3. The SMILES string of the molecule is CCCCCC=CCC=CCCCCCCCCC(CCCCCCCCC=CCC=CCCCCC)SC1(CCCN(C)C)CO1. The zero-order valence-electron chi connectivity index (χ0n) is 32.2. The minimum Gasteiger partial charge on any atom is -0.358 e. The Kier molecular flexibility index (Phi) is 31.7. The summed E-state index contributed by atoms with van der Waals surface area (Å²) in [6.45, 7) is 6.71. The first kappa shape index (κ1) is 44.3. The van der Waals surface area contributed by atoms with Gasteiger partial charge in [0.15, 0.2) is 0 Å². The van der Waals surface area contributed by atoms with E-state index in [2.05, 4.69) is 93.2 Å². The zero-order chi connectivity index (χ0) is 33.9. The Morgan fingerprint density at radius 2 is 0.915 bits per heavy atom. The van der Waals surface area contributed by atoms with Crippen molar-refractivity contribution in [1.82, 2.24) is 4.90 Å². The number of nitrogens with zero attached hydrogens (tertiary/aromatic N) is 1. The van der Waals surface area contributed by atoms with Gasteiger partial charge in [0.25, 0.3) is 0 Å². The summed E-state index contributed by atoms with van der Waals surface area (Å²) in [5.41, 5.74) is 0. The lowest BCUT2D eigenvalue weighted by molar-refractivity contribution is 0.337. The van der Waals surface area contributed by atoms with Crippen molar-refractivity contribution in [2.24, 2.45) is 0 Å². The van der Waals surface area contributed by atoms with Gasteiger partial charge in [-0.1, -0.05) is 152 Å². The van der Waals surface area contributed by atoms with Crippen LogP contribution in [0.15, 0.2) is 48.6 Å². The highest BCUT2D eigenvalue weighted by Crippen LogP contribution is 2.47. The number of epoxide rings is 1. The van der Waals surface area contributed by atoms with E-state index in [-0.39, 0.29) is 4.93 Å². The highest BCUT2D eigenvalue weighted by atomic mass is 32.2. The highest BCUT2D eigenvalue weighted by molar-refractivity contribution is 8.01. The van der Waals surface area contributed by atoms with Crippen LogP contribution in [0, 0.1) is 0 Å². The lowest BCUT2D eigenvalue weighted by atomic mass is 10.0. The molecule has 1 atom stereocenters. The molecule has 0 aromatic heterocycles. The van der Waals surface area contributed by atoms with Crippen LogP contribution in [-0.2, 0) is 4.74 Å². The number of hydrogen-bond acceptors (Lipinski definition) is 3. The molecule has 0 aromatic carbocycles. The Balaban J connectivity index is 2.16. The van der Waals surface area contributed by atoms with E-state index < -0.39 is 0 Å². The van der Waals surface area contributed by atoms with Crippen molar-refractivity contribution in [2.45, 2.75) is 204 Å². The van der Waals surface area contributed by atoms with Gasteiger partial charge in [-0.25, -0.2) is 0 Å². The first-order valence-corrected chi connectivity index (χ1v) is 21.6. The fourth-order valence-corrected chi connectivity index (χ4v) is 7.94. The van der Waals surface area contributed by atoms with Crippen LogP contribution in [0.5, 0.6) is 0 Å².